The van der Waals surface area contributed by atoms with Crippen LogP contribution in [0.25, 0.3) is 0 Å². The van der Waals surface area contributed by atoms with E-state index in [1.54, 1.807) is 21.8 Å². The first-order valence-corrected chi connectivity index (χ1v) is 51.1. The molecule has 780 valence electrons. The molecule has 0 aliphatic heterocycles. The zero-order valence-corrected chi connectivity index (χ0v) is 85.3. The van der Waals surface area contributed by atoms with Crippen LogP contribution in [0.4, 0.5) is 0 Å². The van der Waals surface area contributed by atoms with Crippen molar-refractivity contribution in [3.05, 3.63) is 23.8 Å². The van der Waals surface area contributed by atoms with Crippen LogP contribution < -0.4 is 76.9 Å². The van der Waals surface area contributed by atoms with Crippen LogP contribution in [0.5, 0.6) is 0 Å². The molecule has 0 spiro atoms. The molecule has 8 amide bonds. The van der Waals surface area contributed by atoms with E-state index in [1.165, 1.54) is 0 Å². The highest BCUT2D eigenvalue weighted by Crippen LogP contribution is 2.72. The van der Waals surface area contributed by atoms with E-state index < -0.39 is 192 Å². The molecule has 8 aliphatic rings. The minimum atomic E-state index is -0.861. The molecular formula is C99H164N20O20. The second kappa shape index (κ2) is 48.6. The Morgan fingerprint density at radius 3 is 0.928 bits per heavy atom. The van der Waals surface area contributed by atoms with Gasteiger partial charge in [0.2, 0.25) is 47.3 Å². The fourth-order valence-electron chi connectivity index (χ4n) is 24.8. The molecule has 0 bridgehead atoms. The third-order valence-electron chi connectivity index (χ3n) is 33.7. The number of fused-ring (bicyclic) bond motifs is 10. The Balaban J connectivity index is 0.744. The molecule has 2 heterocycles. The van der Waals surface area contributed by atoms with Crippen molar-refractivity contribution in [3.63, 3.8) is 0 Å². The van der Waals surface area contributed by atoms with Crippen LogP contribution >= 0.6 is 0 Å². The number of carbonyl (C=O) groups is 14. The summed E-state index contributed by atoms with van der Waals surface area (Å²) in [7, 11) is 0. The summed E-state index contributed by atoms with van der Waals surface area (Å²) in [6, 6.07) is -5.05. The molecule has 28 atom stereocenters. The first-order chi connectivity index (χ1) is 65.4. The van der Waals surface area contributed by atoms with E-state index in [9.17, 15) is 67.1 Å². The molecule has 139 heavy (non-hydrogen) atoms. The van der Waals surface area contributed by atoms with E-state index in [0.29, 0.717) is 134 Å². The number of aromatic nitrogens is 6. The molecule has 2 aromatic rings. The number of ether oxygens (including phenoxy) is 6. The molecule has 0 saturated heterocycles. The summed E-state index contributed by atoms with van der Waals surface area (Å²) in [5.41, 5.74) is 35.6. The molecule has 8 saturated carbocycles. The van der Waals surface area contributed by atoms with Gasteiger partial charge in [0.1, 0.15) is 87.3 Å². The Morgan fingerprint density at radius 2 is 0.640 bits per heavy atom. The zero-order valence-electron chi connectivity index (χ0n) is 85.3. The normalized spacial score (nSPS) is 30.1. The maximum Gasteiger partial charge on any atom is 0.325 e. The van der Waals surface area contributed by atoms with Gasteiger partial charge in [0.15, 0.2) is 0 Å². The van der Waals surface area contributed by atoms with Crippen LogP contribution in [0.2, 0.25) is 0 Å². The summed E-state index contributed by atoms with van der Waals surface area (Å²) in [6.07, 6.45) is 9.07. The number of nitrogens with one attached hydrogen (secondary N) is 8. The van der Waals surface area contributed by atoms with Gasteiger partial charge >= 0.3 is 35.8 Å². The Bertz CT molecular complexity index is 4320. The minimum Gasteiger partial charge on any atom is -0.461 e. The van der Waals surface area contributed by atoms with Crippen molar-refractivity contribution in [1.29, 1.82) is 0 Å². The van der Waals surface area contributed by atoms with E-state index in [1.807, 2.05) is 83.1 Å². The largest absolute Gasteiger partial charge is 0.461 e. The average Bonchev–Trinajstić information content (AvgIpc) is 1.63. The standard InChI is InChI=1S/C99H164N20O20/c1-50(2)84(100)90(128)108-42-76(122)134-62-28-30-96(15)58(34-62)36-70(136-78(124)44-110-92(130)86(102)52(5)6)82-66-24-22-64(98(66,17)72(38-68(82)96)138-80(126)46-112-94(132)88(104)54(9)10)56(13)20-26-74(120)106-40-60-48-118(116-114-60)32-19-33-119-49-61(115-117-119)41-107-75(121)27-21-57(14)65-23-25-67-83-69(39-73(99(65,67)18)139-81(127)47-113-95(133)89(105)55(11)12)97(16)31-29-63(135-77(123)43-109-91(129)85(101)51(3)4)35-59(97)37-71(83)137-79(125)45-111-93(131)87(103)53(7)8/h48-59,62-73,82-89H,19-47,100-105H2,1-18H3,(H,106,120)(H,107,121)(H,108,128)(H,109,129)(H,110,130)(H,111,131)(H,112,132)(H,113,133)/t56-,57-,58+,59+,62-,63-,64-,65-,66+,67+,68+,69+,70-,71-,72+,73+,82+,83+,84?,85?,86?,87?,88?,89?,96+,97+,98-,99-/m1/s1. The van der Waals surface area contributed by atoms with Crippen molar-refractivity contribution in [1.82, 2.24) is 72.5 Å². The van der Waals surface area contributed by atoms with E-state index in [0.717, 1.165) is 0 Å². The highest BCUT2D eigenvalue weighted by molar-refractivity contribution is 5.89. The maximum atomic E-state index is 14.3. The molecule has 6 unspecified atom stereocenters. The molecule has 8 aliphatic carbocycles. The van der Waals surface area contributed by atoms with Gasteiger partial charge in [-0.1, -0.05) is 135 Å². The predicted octanol–water partition coefficient (Wildman–Crippen LogP) is 3.85. The van der Waals surface area contributed by atoms with Crippen LogP contribution in [-0.2, 0) is 122 Å². The lowest BCUT2D eigenvalue weighted by Gasteiger charge is -2.64. The van der Waals surface area contributed by atoms with Crippen LogP contribution in [0.3, 0.4) is 0 Å². The lowest BCUT2D eigenvalue weighted by atomic mass is 9.43. The van der Waals surface area contributed by atoms with Crippen molar-refractivity contribution in [2.75, 3.05) is 39.3 Å². The molecule has 2 aromatic heterocycles. The van der Waals surface area contributed by atoms with Gasteiger partial charge in [0, 0.05) is 48.6 Å². The van der Waals surface area contributed by atoms with Gasteiger partial charge in [0.25, 0.3) is 0 Å². The van der Waals surface area contributed by atoms with Crippen molar-refractivity contribution < 1.29 is 95.5 Å². The van der Waals surface area contributed by atoms with Crippen molar-refractivity contribution in [2.24, 2.45) is 163 Å². The minimum absolute atomic E-state index is 0.0898. The number of carbonyl (C=O) groups excluding carboxylic acids is 14. The number of amides is 8. The number of hydrogen-bond acceptors (Lipinski definition) is 30. The van der Waals surface area contributed by atoms with Gasteiger partial charge in [-0.3, -0.25) is 76.5 Å². The molecule has 0 radical (unpaired) electrons. The van der Waals surface area contributed by atoms with Crippen LogP contribution in [0.1, 0.15) is 258 Å². The smallest absolute Gasteiger partial charge is 0.325 e. The Hall–Kier alpha value is -9.38. The van der Waals surface area contributed by atoms with E-state index in [2.05, 4.69) is 105 Å². The van der Waals surface area contributed by atoms with Crippen LogP contribution in [0, 0.1) is 128 Å². The van der Waals surface area contributed by atoms with Gasteiger partial charge < -0.3 is 105 Å². The third kappa shape index (κ3) is 27.3. The van der Waals surface area contributed by atoms with Crippen molar-refractivity contribution >= 4 is 83.1 Å². The SMILES string of the molecule is CC(C)C(N)C(=O)NCC(=O)O[C@@H]1CC[C@@]2(C)[C@@H](C1)C[C@@H](OC(=O)CNC(=O)C(N)C(C)C)[C@@H]1[C@@H]2C[C@H](OC(=O)CNC(=O)C(N)C(C)C)[C@]2(C)[C@@H]([C@H](C)CCC(=O)NCc3cn(CCCn4cc(CNC(=O)CC[C@@H](C)[C@H]5CC[C@H]6[C@@H]7[C@H](OC(=O)CNC(=O)C(N)C(C)C)C[C@@H]8C[C@H](OC(=O)CNC(=O)C(N)C(C)C)CC[C@]8(C)[C@H]7C[C@H](OC(=O)CNC(=O)C(N)C(C)C)[C@]56C)nn4)nn3)CC[C@@H]12. The highest BCUT2D eigenvalue weighted by atomic mass is 16.6. The summed E-state index contributed by atoms with van der Waals surface area (Å²) < 4.78 is 42.0. The Morgan fingerprint density at radius 1 is 0.360 bits per heavy atom. The molecule has 0 aromatic carbocycles. The predicted molar refractivity (Wildman–Crippen MR) is 511 cm³/mol. The number of aryl methyl sites for hydroxylation is 2. The monoisotopic (exact) mass is 1950 g/mol. The third-order valence-corrected chi connectivity index (χ3v) is 33.7. The van der Waals surface area contributed by atoms with Gasteiger partial charge in [-0.05, 0) is 215 Å². The van der Waals surface area contributed by atoms with E-state index in [4.69, 9.17) is 62.8 Å². The number of esters is 6. The van der Waals surface area contributed by atoms with Crippen molar-refractivity contribution in [3.8, 4) is 0 Å². The molecule has 40 nitrogen and oxygen atoms in total. The molecule has 10 rings (SSSR count). The van der Waals surface area contributed by atoms with Gasteiger partial charge in [-0.25, -0.2) is 0 Å². The average molecular weight is 1950 g/mol. The lowest BCUT2D eigenvalue weighted by Crippen LogP contribution is -2.64. The lowest BCUT2D eigenvalue weighted by molar-refractivity contribution is -0.226. The number of nitrogens with two attached hydrogens (primary N) is 6. The second-order valence-corrected chi connectivity index (χ2v) is 44.6. The Labute approximate surface area is 818 Å². The summed E-state index contributed by atoms with van der Waals surface area (Å²) in [4.78, 5) is 190. The summed E-state index contributed by atoms with van der Waals surface area (Å²) in [5, 5.41) is 39.4. The number of rotatable bonds is 46. The van der Waals surface area contributed by atoms with Crippen LogP contribution in [-0.4, -0.2) is 225 Å². The highest BCUT2D eigenvalue weighted by Gasteiger charge is 2.70. The fourth-order valence-corrected chi connectivity index (χ4v) is 24.8. The molecular weight excluding hydrogens is 1790 g/mol. The zero-order chi connectivity index (χ0) is 102. The molecule has 40 heteroatoms. The van der Waals surface area contributed by atoms with E-state index >= 15 is 0 Å². The fraction of sp³-hybridized carbons (Fsp3) is 0.818. The first kappa shape index (κ1) is 112. The van der Waals surface area contributed by atoms with Crippen LogP contribution in [0.15, 0.2) is 12.4 Å². The summed E-state index contributed by atoms with van der Waals surface area (Å²) >= 11 is 0. The number of nitrogens with zero attached hydrogens (tertiary/aromatic N) is 6. The maximum absolute atomic E-state index is 14.3. The molecule has 8 fully saturated rings. The number of hydrogen-bond donors (Lipinski definition) is 14. The quantitative estimate of drug-likeness (QED) is 0.0330. The first-order valence-electron chi connectivity index (χ1n) is 51.1. The van der Waals surface area contributed by atoms with Gasteiger partial charge in [-0.15, -0.1) is 10.2 Å². The van der Waals surface area contributed by atoms with Crippen molar-refractivity contribution in [2.45, 2.75) is 346 Å². The van der Waals surface area contributed by atoms with E-state index in [-0.39, 0.29) is 157 Å². The topological polar surface area (TPSA) is 608 Å². The molecule has 20 N–H and O–H groups in total. The summed E-state index contributed by atoms with van der Waals surface area (Å²) in [5.74, 6) is -10.1. The van der Waals surface area contributed by atoms with Gasteiger partial charge in [0.05, 0.1) is 61.7 Å². The Kier molecular flexibility index (Phi) is 39.0. The second-order valence-electron chi connectivity index (χ2n) is 44.6. The van der Waals surface area contributed by atoms with Gasteiger partial charge in [-0.2, -0.15) is 0 Å². The summed E-state index contributed by atoms with van der Waals surface area (Å²) in [6.45, 7) is 33.5.